The molecule has 0 spiro atoms. The van der Waals surface area contributed by atoms with Crippen LogP contribution in [0.4, 0.5) is 4.79 Å². The van der Waals surface area contributed by atoms with Gasteiger partial charge in [-0.05, 0) is 19.3 Å². The Labute approximate surface area is 79.0 Å². The summed E-state index contributed by atoms with van der Waals surface area (Å²) in [5.41, 5.74) is 0. The Hall–Kier alpha value is -0.990. The number of hydrogen-bond acceptors (Lipinski definition) is 1. The minimum Gasteiger partial charge on any atom is -0.325 e. The average molecular weight is 180 g/mol. The number of carbonyl (C=O) groups excluding carboxylic acids is 1. The third-order valence-corrected chi connectivity index (χ3v) is 2.72. The number of likely N-dealkylation sites (tertiary alicyclic amines) is 1. The Bertz CT molecular complexity index is 211. The van der Waals surface area contributed by atoms with Crippen LogP contribution >= 0.6 is 0 Å². The maximum absolute atomic E-state index is 11.8. The van der Waals surface area contributed by atoms with Crippen molar-refractivity contribution in [1.29, 1.82) is 0 Å². The molecule has 2 heterocycles. The van der Waals surface area contributed by atoms with Gasteiger partial charge in [-0.25, -0.2) is 4.79 Å². The number of amides is 2. The van der Waals surface area contributed by atoms with Crippen LogP contribution < -0.4 is 0 Å². The lowest BCUT2D eigenvalue weighted by atomic mass is 10.1. The van der Waals surface area contributed by atoms with Crippen LogP contribution in [-0.2, 0) is 0 Å². The van der Waals surface area contributed by atoms with Gasteiger partial charge in [-0.15, -0.1) is 0 Å². The van der Waals surface area contributed by atoms with E-state index in [1.54, 1.807) is 0 Å². The van der Waals surface area contributed by atoms with Gasteiger partial charge in [0.2, 0.25) is 0 Å². The smallest absolute Gasteiger partial charge is 0.320 e. The number of urea groups is 1. The highest BCUT2D eigenvalue weighted by atomic mass is 16.2. The zero-order chi connectivity index (χ0) is 9.10. The number of nitrogens with zero attached hydrogens (tertiary/aromatic N) is 2. The van der Waals surface area contributed by atoms with E-state index < -0.39 is 0 Å². The zero-order valence-electron chi connectivity index (χ0n) is 7.91. The minimum atomic E-state index is 0.227. The van der Waals surface area contributed by atoms with E-state index in [0.717, 1.165) is 26.2 Å². The molecular formula is C10H16N2O. The average Bonchev–Trinajstić information content (AvgIpc) is 2.71. The van der Waals surface area contributed by atoms with Gasteiger partial charge in [-0.1, -0.05) is 12.2 Å². The Kier molecular flexibility index (Phi) is 2.52. The molecule has 0 aliphatic carbocycles. The summed E-state index contributed by atoms with van der Waals surface area (Å²) in [5, 5.41) is 0. The van der Waals surface area contributed by atoms with E-state index in [1.807, 2.05) is 9.80 Å². The van der Waals surface area contributed by atoms with Gasteiger partial charge in [0.1, 0.15) is 0 Å². The van der Waals surface area contributed by atoms with Crippen LogP contribution in [0, 0.1) is 0 Å². The lowest BCUT2D eigenvalue weighted by Crippen LogP contribution is -2.44. The van der Waals surface area contributed by atoms with Gasteiger partial charge in [0.15, 0.2) is 0 Å². The summed E-state index contributed by atoms with van der Waals surface area (Å²) in [6.45, 7) is 3.51. The monoisotopic (exact) mass is 180 g/mol. The van der Waals surface area contributed by atoms with Crippen LogP contribution in [0.15, 0.2) is 12.2 Å². The third kappa shape index (κ3) is 1.85. The van der Waals surface area contributed by atoms with Crippen molar-refractivity contribution in [2.45, 2.75) is 19.3 Å². The topological polar surface area (TPSA) is 23.6 Å². The van der Waals surface area contributed by atoms with Crippen LogP contribution in [-0.4, -0.2) is 42.0 Å². The van der Waals surface area contributed by atoms with Gasteiger partial charge in [-0.2, -0.15) is 0 Å². The molecular weight excluding hydrogens is 164 g/mol. The fraction of sp³-hybridized carbons (Fsp3) is 0.700. The summed E-state index contributed by atoms with van der Waals surface area (Å²) < 4.78 is 0. The zero-order valence-corrected chi connectivity index (χ0v) is 7.91. The highest BCUT2D eigenvalue weighted by Gasteiger charge is 2.22. The van der Waals surface area contributed by atoms with Crippen LogP contribution in [0.3, 0.4) is 0 Å². The van der Waals surface area contributed by atoms with Crippen molar-refractivity contribution < 1.29 is 4.79 Å². The lowest BCUT2D eigenvalue weighted by molar-refractivity contribution is 0.154. The van der Waals surface area contributed by atoms with Crippen molar-refractivity contribution in [3.05, 3.63) is 12.2 Å². The van der Waals surface area contributed by atoms with E-state index in [-0.39, 0.29) is 6.03 Å². The minimum absolute atomic E-state index is 0.227. The second-order valence-electron chi connectivity index (χ2n) is 3.71. The molecule has 1 fully saturated rings. The van der Waals surface area contributed by atoms with Crippen LogP contribution in [0.1, 0.15) is 19.3 Å². The predicted octanol–water partition coefficient (Wildman–Crippen LogP) is 1.46. The van der Waals surface area contributed by atoms with Gasteiger partial charge in [0.25, 0.3) is 0 Å². The Balaban J connectivity index is 1.88. The molecule has 3 heteroatoms. The molecule has 2 aliphatic rings. The molecule has 1 saturated heterocycles. The SMILES string of the molecule is O=C(N1CC=CC1)N1CCCCC1. The molecule has 2 rings (SSSR count). The Morgan fingerprint density at radius 1 is 0.923 bits per heavy atom. The summed E-state index contributed by atoms with van der Waals surface area (Å²) in [6, 6.07) is 0.227. The fourth-order valence-corrected chi connectivity index (χ4v) is 1.92. The number of hydrogen-bond donors (Lipinski definition) is 0. The molecule has 0 bridgehead atoms. The molecule has 0 saturated carbocycles. The third-order valence-electron chi connectivity index (χ3n) is 2.72. The summed E-state index contributed by atoms with van der Waals surface area (Å²) in [6.07, 6.45) is 7.74. The summed E-state index contributed by atoms with van der Waals surface area (Å²) in [4.78, 5) is 15.7. The number of piperidine rings is 1. The molecule has 0 atom stereocenters. The summed E-state index contributed by atoms with van der Waals surface area (Å²) in [7, 11) is 0. The molecule has 2 amide bonds. The Morgan fingerprint density at radius 3 is 2.15 bits per heavy atom. The maximum atomic E-state index is 11.8. The largest absolute Gasteiger partial charge is 0.325 e. The van der Waals surface area contributed by atoms with E-state index in [9.17, 15) is 4.79 Å². The molecule has 13 heavy (non-hydrogen) atoms. The van der Waals surface area contributed by atoms with Crippen LogP contribution in [0.25, 0.3) is 0 Å². The molecule has 0 unspecified atom stereocenters. The first-order valence-electron chi connectivity index (χ1n) is 5.07. The molecule has 0 N–H and O–H groups in total. The van der Waals surface area contributed by atoms with E-state index >= 15 is 0 Å². The van der Waals surface area contributed by atoms with Gasteiger partial charge in [0.05, 0.1) is 0 Å². The van der Waals surface area contributed by atoms with Crippen molar-refractivity contribution in [2.75, 3.05) is 26.2 Å². The van der Waals surface area contributed by atoms with Crippen molar-refractivity contribution in [2.24, 2.45) is 0 Å². The molecule has 0 radical (unpaired) electrons. The van der Waals surface area contributed by atoms with Gasteiger partial charge >= 0.3 is 6.03 Å². The van der Waals surface area contributed by atoms with E-state index in [2.05, 4.69) is 12.2 Å². The maximum Gasteiger partial charge on any atom is 0.320 e. The fourth-order valence-electron chi connectivity index (χ4n) is 1.92. The Morgan fingerprint density at radius 2 is 1.54 bits per heavy atom. The first-order valence-corrected chi connectivity index (χ1v) is 5.07. The molecule has 72 valence electrons. The highest BCUT2D eigenvalue weighted by molar-refractivity contribution is 5.75. The first-order chi connectivity index (χ1) is 6.38. The lowest BCUT2D eigenvalue weighted by Gasteiger charge is -2.30. The van der Waals surface area contributed by atoms with Crippen LogP contribution in [0.5, 0.6) is 0 Å². The number of carbonyl (C=O) groups is 1. The summed E-state index contributed by atoms with van der Waals surface area (Å²) >= 11 is 0. The van der Waals surface area contributed by atoms with Crippen molar-refractivity contribution in [1.82, 2.24) is 9.80 Å². The predicted molar refractivity (Wildman–Crippen MR) is 51.5 cm³/mol. The van der Waals surface area contributed by atoms with Crippen molar-refractivity contribution in [3.63, 3.8) is 0 Å². The molecule has 2 aliphatic heterocycles. The number of rotatable bonds is 0. The second kappa shape index (κ2) is 3.81. The van der Waals surface area contributed by atoms with E-state index in [0.29, 0.717) is 0 Å². The summed E-state index contributed by atoms with van der Waals surface area (Å²) in [5.74, 6) is 0. The molecule has 0 aromatic rings. The van der Waals surface area contributed by atoms with Gasteiger partial charge < -0.3 is 9.80 Å². The van der Waals surface area contributed by atoms with E-state index in [1.165, 1.54) is 19.3 Å². The van der Waals surface area contributed by atoms with Crippen molar-refractivity contribution >= 4 is 6.03 Å². The quantitative estimate of drug-likeness (QED) is 0.518. The first kappa shape index (κ1) is 8.60. The van der Waals surface area contributed by atoms with Crippen LogP contribution in [0.2, 0.25) is 0 Å². The highest BCUT2D eigenvalue weighted by Crippen LogP contribution is 2.12. The second-order valence-corrected chi connectivity index (χ2v) is 3.71. The normalized spacial score (nSPS) is 22.5. The van der Waals surface area contributed by atoms with Gasteiger partial charge in [0, 0.05) is 26.2 Å². The molecule has 3 nitrogen and oxygen atoms in total. The molecule has 0 aromatic carbocycles. The standard InChI is InChI=1S/C10H16N2O/c13-10(12-8-4-5-9-12)11-6-2-1-3-7-11/h4-5H,1-3,6-9H2. The molecule has 0 aromatic heterocycles. The van der Waals surface area contributed by atoms with E-state index in [4.69, 9.17) is 0 Å². The van der Waals surface area contributed by atoms with Gasteiger partial charge in [-0.3, -0.25) is 0 Å². The van der Waals surface area contributed by atoms with Crippen molar-refractivity contribution in [3.8, 4) is 0 Å².